The maximum absolute atomic E-state index is 11.9. The second kappa shape index (κ2) is 9.58. The van der Waals surface area contributed by atoms with Crippen molar-refractivity contribution in [3.63, 3.8) is 0 Å². The maximum atomic E-state index is 11.9. The van der Waals surface area contributed by atoms with Gasteiger partial charge in [0.25, 0.3) is 5.91 Å². The number of ether oxygens (including phenoxy) is 1. The molecule has 7 nitrogen and oxygen atoms in total. The van der Waals surface area contributed by atoms with Gasteiger partial charge in [-0.25, -0.2) is 0 Å². The smallest absolute Gasteiger partial charge is 0.307 e. The van der Waals surface area contributed by atoms with E-state index in [0.717, 1.165) is 6.42 Å². The Hall–Kier alpha value is -2.41. The number of nitrogens with one attached hydrogen (secondary N) is 2. The third-order valence-electron chi connectivity index (χ3n) is 3.19. The Bertz CT molecular complexity index is 543. The van der Waals surface area contributed by atoms with Crippen molar-refractivity contribution >= 4 is 23.5 Å². The number of rotatable bonds is 8. The highest BCUT2D eigenvalue weighted by molar-refractivity contribution is 5.97. The fourth-order valence-corrected chi connectivity index (χ4v) is 1.86. The molecule has 0 fully saturated rings. The topological polar surface area (TPSA) is 111 Å². The molecule has 0 aliphatic carbocycles. The van der Waals surface area contributed by atoms with Crippen molar-refractivity contribution in [3.8, 4) is 0 Å². The zero-order valence-corrected chi connectivity index (χ0v) is 13.4. The Labute approximate surface area is 135 Å². The summed E-state index contributed by atoms with van der Waals surface area (Å²) in [5.74, 6) is -0.927. The summed E-state index contributed by atoms with van der Waals surface area (Å²) in [5.41, 5.74) is 6.74. The molecule has 7 heteroatoms. The van der Waals surface area contributed by atoms with Crippen molar-refractivity contribution in [2.75, 3.05) is 19.0 Å². The van der Waals surface area contributed by atoms with E-state index in [1.807, 2.05) is 6.92 Å². The lowest BCUT2D eigenvalue weighted by atomic mass is 10.1. The number of anilines is 1. The second-order valence-corrected chi connectivity index (χ2v) is 5.04. The molecule has 1 rings (SSSR count). The molecule has 0 aliphatic heterocycles. The van der Waals surface area contributed by atoms with Gasteiger partial charge in [-0.15, -0.1) is 0 Å². The Balaban J connectivity index is 2.50. The van der Waals surface area contributed by atoms with E-state index in [0.29, 0.717) is 17.7 Å². The Morgan fingerprint density at radius 1 is 1.22 bits per heavy atom. The van der Waals surface area contributed by atoms with Crippen LogP contribution in [0.5, 0.6) is 0 Å². The third kappa shape index (κ3) is 6.48. The SMILES string of the molecule is CCCC(N)C(=O)Nc1ccc(C(=O)NCCC(=O)OC)cc1. The lowest BCUT2D eigenvalue weighted by molar-refractivity contribution is -0.140. The molecule has 0 radical (unpaired) electrons. The van der Waals surface area contributed by atoms with Crippen LogP contribution in [-0.4, -0.2) is 37.5 Å². The summed E-state index contributed by atoms with van der Waals surface area (Å²) >= 11 is 0. The predicted octanol–water partition coefficient (Wildman–Crippen LogP) is 1.05. The van der Waals surface area contributed by atoms with Gasteiger partial charge in [0.2, 0.25) is 5.91 Å². The summed E-state index contributed by atoms with van der Waals surface area (Å²) < 4.78 is 4.49. The lowest BCUT2D eigenvalue weighted by Crippen LogP contribution is -2.35. The van der Waals surface area contributed by atoms with Crippen molar-refractivity contribution in [1.29, 1.82) is 0 Å². The highest BCUT2D eigenvalue weighted by atomic mass is 16.5. The van der Waals surface area contributed by atoms with Gasteiger partial charge in [0.05, 0.1) is 19.6 Å². The van der Waals surface area contributed by atoms with Crippen LogP contribution in [0.25, 0.3) is 0 Å². The Morgan fingerprint density at radius 3 is 2.43 bits per heavy atom. The van der Waals surface area contributed by atoms with Crippen molar-refractivity contribution in [1.82, 2.24) is 5.32 Å². The van der Waals surface area contributed by atoms with Crippen LogP contribution in [0.2, 0.25) is 0 Å². The van der Waals surface area contributed by atoms with Gasteiger partial charge in [-0.05, 0) is 30.7 Å². The Kier molecular flexibility index (Phi) is 7.76. The molecule has 2 amide bonds. The van der Waals surface area contributed by atoms with E-state index < -0.39 is 6.04 Å². The second-order valence-electron chi connectivity index (χ2n) is 5.04. The van der Waals surface area contributed by atoms with Crippen LogP contribution in [0.4, 0.5) is 5.69 Å². The minimum atomic E-state index is -0.540. The molecule has 126 valence electrons. The zero-order valence-electron chi connectivity index (χ0n) is 13.4. The summed E-state index contributed by atoms with van der Waals surface area (Å²) in [6, 6.07) is 5.90. The van der Waals surface area contributed by atoms with Crippen LogP contribution < -0.4 is 16.4 Å². The highest BCUT2D eigenvalue weighted by Crippen LogP contribution is 2.10. The number of hydrogen-bond acceptors (Lipinski definition) is 5. The molecule has 1 aromatic rings. The quantitative estimate of drug-likeness (QED) is 0.620. The molecule has 0 heterocycles. The van der Waals surface area contributed by atoms with E-state index in [9.17, 15) is 14.4 Å². The normalized spacial score (nSPS) is 11.4. The number of hydrogen-bond donors (Lipinski definition) is 3. The first kappa shape index (κ1) is 18.6. The fraction of sp³-hybridized carbons (Fsp3) is 0.438. The van der Waals surface area contributed by atoms with Crippen molar-refractivity contribution in [2.45, 2.75) is 32.2 Å². The van der Waals surface area contributed by atoms with E-state index in [1.54, 1.807) is 24.3 Å². The molecule has 0 bridgehead atoms. The monoisotopic (exact) mass is 321 g/mol. The van der Waals surface area contributed by atoms with E-state index in [1.165, 1.54) is 7.11 Å². The van der Waals surface area contributed by atoms with Crippen molar-refractivity contribution < 1.29 is 19.1 Å². The average molecular weight is 321 g/mol. The summed E-state index contributed by atoms with van der Waals surface area (Å²) in [4.78, 5) is 34.6. The molecule has 23 heavy (non-hydrogen) atoms. The first-order chi connectivity index (χ1) is 11.0. The van der Waals surface area contributed by atoms with Crippen molar-refractivity contribution in [3.05, 3.63) is 29.8 Å². The molecular formula is C16H23N3O4. The summed E-state index contributed by atoms with van der Waals surface area (Å²) in [6.07, 6.45) is 1.57. The minimum Gasteiger partial charge on any atom is -0.469 e. The van der Waals surface area contributed by atoms with Gasteiger partial charge in [-0.3, -0.25) is 14.4 Å². The number of nitrogens with two attached hydrogens (primary N) is 1. The number of esters is 1. The van der Waals surface area contributed by atoms with E-state index >= 15 is 0 Å². The molecule has 1 aromatic carbocycles. The first-order valence-corrected chi connectivity index (χ1v) is 7.49. The molecule has 0 aromatic heterocycles. The third-order valence-corrected chi connectivity index (χ3v) is 3.19. The predicted molar refractivity (Wildman–Crippen MR) is 86.9 cm³/mol. The molecule has 1 atom stereocenters. The average Bonchev–Trinajstić information content (AvgIpc) is 2.55. The van der Waals surface area contributed by atoms with E-state index in [2.05, 4.69) is 15.4 Å². The highest BCUT2D eigenvalue weighted by Gasteiger charge is 2.12. The van der Waals surface area contributed by atoms with Gasteiger partial charge in [-0.1, -0.05) is 13.3 Å². The summed E-state index contributed by atoms with van der Waals surface area (Å²) in [6.45, 7) is 2.16. The molecule has 0 saturated heterocycles. The van der Waals surface area contributed by atoms with Crippen LogP contribution in [0.3, 0.4) is 0 Å². The molecule has 0 aliphatic rings. The van der Waals surface area contributed by atoms with Gasteiger partial charge < -0.3 is 21.1 Å². The molecule has 0 spiro atoms. The van der Waals surface area contributed by atoms with Crippen LogP contribution in [0.15, 0.2) is 24.3 Å². The van der Waals surface area contributed by atoms with Crippen molar-refractivity contribution in [2.24, 2.45) is 5.73 Å². The molecule has 4 N–H and O–H groups in total. The van der Waals surface area contributed by atoms with Gasteiger partial charge in [-0.2, -0.15) is 0 Å². The van der Waals surface area contributed by atoms with Gasteiger partial charge in [0.1, 0.15) is 0 Å². The first-order valence-electron chi connectivity index (χ1n) is 7.49. The van der Waals surface area contributed by atoms with E-state index in [4.69, 9.17) is 5.73 Å². The number of carbonyl (C=O) groups excluding carboxylic acids is 3. The van der Waals surface area contributed by atoms with Gasteiger partial charge in [0, 0.05) is 17.8 Å². The number of amides is 2. The van der Waals surface area contributed by atoms with Crippen LogP contribution >= 0.6 is 0 Å². The lowest BCUT2D eigenvalue weighted by Gasteiger charge is -2.11. The summed E-state index contributed by atoms with van der Waals surface area (Å²) in [7, 11) is 1.30. The fourth-order valence-electron chi connectivity index (χ4n) is 1.86. The summed E-state index contributed by atoms with van der Waals surface area (Å²) in [5, 5.41) is 5.31. The zero-order chi connectivity index (χ0) is 17.2. The van der Waals surface area contributed by atoms with Gasteiger partial charge >= 0.3 is 5.97 Å². The van der Waals surface area contributed by atoms with Crippen LogP contribution in [-0.2, 0) is 14.3 Å². The standard InChI is InChI=1S/C16H23N3O4/c1-3-4-13(17)16(22)19-12-7-5-11(6-8-12)15(21)18-10-9-14(20)23-2/h5-8,13H,3-4,9-10,17H2,1-2H3,(H,18,21)(H,19,22). The molecule has 0 saturated carbocycles. The van der Waals surface area contributed by atoms with Crippen LogP contribution in [0.1, 0.15) is 36.5 Å². The number of methoxy groups -OCH3 is 1. The number of carbonyl (C=O) groups is 3. The molecular weight excluding hydrogens is 298 g/mol. The molecule has 1 unspecified atom stereocenters. The Morgan fingerprint density at radius 2 is 1.87 bits per heavy atom. The number of benzene rings is 1. The van der Waals surface area contributed by atoms with Crippen LogP contribution in [0, 0.1) is 0 Å². The van der Waals surface area contributed by atoms with E-state index in [-0.39, 0.29) is 30.7 Å². The van der Waals surface area contributed by atoms with Gasteiger partial charge in [0.15, 0.2) is 0 Å². The largest absolute Gasteiger partial charge is 0.469 e. The minimum absolute atomic E-state index is 0.117. The maximum Gasteiger partial charge on any atom is 0.307 e.